The molecule has 3 heterocycles. The predicted molar refractivity (Wildman–Crippen MR) is 150 cm³/mol. The highest BCUT2D eigenvalue weighted by Crippen LogP contribution is 2.43. The molecule has 0 fully saturated rings. The van der Waals surface area contributed by atoms with Gasteiger partial charge in [-0.15, -0.1) is 0 Å². The average molecular weight is 475 g/mol. The van der Waals surface area contributed by atoms with Gasteiger partial charge in [0.15, 0.2) is 0 Å². The summed E-state index contributed by atoms with van der Waals surface area (Å²) in [4.78, 5) is 4.52. The van der Waals surface area contributed by atoms with Crippen LogP contribution in [0.4, 0.5) is 0 Å². The van der Waals surface area contributed by atoms with Crippen LogP contribution in [0.5, 0.6) is 0 Å². The first kappa shape index (κ1) is 16.5. The van der Waals surface area contributed by atoms with Gasteiger partial charge in [-0.1, -0.05) is 63.2 Å². The minimum atomic E-state index is -2.51. The molecule has 0 unspecified atom stereocenters. The summed E-state index contributed by atoms with van der Waals surface area (Å²) in [6.07, 6.45) is -0.642. The maximum Gasteiger partial charge on any atom is 0.144 e. The molecule has 3 aromatic heterocycles. The number of fused-ring (bicyclic) bond motifs is 9. The topological polar surface area (TPSA) is 39.2 Å². The highest BCUT2D eigenvalue weighted by Gasteiger charge is 2.20. The number of hydrogen-bond acceptors (Lipinski definition) is 3. The molecule has 0 aliphatic heterocycles. The predicted octanol–water partition coefficient (Wildman–Crippen LogP) is 9.60. The monoisotopic (exact) mass is 474 g/mol. The SMILES string of the molecule is [2H]C([2H])([2H])c1cnc(-c2cccc3c2oc2ccc4oc5c6ccccc6ccc5c4c23)cc1C([2H])([2H])C(C)(C)C. The molecule has 3 heteroatoms. The van der Waals surface area contributed by atoms with Crippen LogP contribution in [0.1, 0.15) is 38.8 Å². The molecular weight excluding hydrogens is 442 g/mol. The van der Waals surface area contributed by atoms with Gasteiger partial charge in [-0.25, -0.2) is 0 Å². The van der Waals surface area contributed by atoms with Gasteiger partial charge >= 0.3 is 0 Å². The average Bonchev–Trinajstić information content (AvgIpc) is 3.49. The van der Waals surface area contributed by atoms with E-state index in [2.05, 4.69) is 29.2 Å². The highest BCUT2D eigenvalue weighted by atomic mass is 16.3. The third-order valence-electron chi connectivity index (χ3n) is 6.68. The molecule has 3 nitrogen and oxygen atoms in total. The third-order valence-corrected chi connectivity index (χ3v) is 6.68. The molecule has 0 aliphatic carbocycles. The lowest BCUT2D eigenvalue weighted by atomic mass is 9.86. The Morgan fingerprint density at radius 1 is 0.806 bits per heavy atom. The first-order chi connectivity index (χ1) is 19.4. The van der Waals surface area contributed by atoms with Crippen molar-refractivity contribution in [1.29, 1.82) is 0 Å². The molecule has 0 aliphatic rings. The number of para-hydroxylation sites is 1. The van der Waals surface area contributed by atoms with Gasteiger partial charge in [0.25, 0.3) is 0 Å². The fraction of sp³-hybridized carbons (Fsp3) is 0.182. The summed E-state index contributed by atoms with van der Waals surface area (Å²) in [6.45, 7) is 2.78. The largest absolute Gasteiger partial charge is 0.455 e. The van der Waals surface area contributed by atoms with Crippen LogP contribution >= 0.6 is 0 Å². The van der Waals surface area contributed by atoms with Crippen LogP contribution in [0.15, 0.2) is 87.8 Å². The van der Waals surface area contributed by atoms with Gasteiger partial charge in [0.05, 0.1) is 5.69 Å². The second kappa shape index (κ2) is 7.44. The van der Waals surface area contributed by atoms with Crippen LogP contribution < -0.4 is 0 Å². The molecule has 0 N–H and O–H groups in total. The lowest BCUT2D eigenvalue weighted by Crippen LogP contribution is -2.10. The van der Waals surface area contributed by atoms with Crippen LogP contribution in [0.3, 0.4) is 0 Å². The van der Waals surface area contributed by atoms with Crippen molar-refractivity contribution in [2.24, 2.45) is 5.41 Å². The third kappa shape index (κ3) is 3.16. The van der Waals surface area contributed by atoms with Crippen molar-refractivity contribution >= 4 is 54.6 Å². The van der Waals surface area contributed by atoms with E-state index in [0.717, 1.165) is 43.5 Å². The Bertz CT molecular complexity index is 2160. The number of pyridine rings is 1. The lowest BCUT2D eigenvalue weighted by Gasteiger charge is -2.20. The van der Waals surface area contributed by atoms with Crippen molar-refractivity contribution in [2.75, 3.05) is 0 Å². The van der Waals surface area contributed by atoms with Crippen LogP contribution in [-0.4, -0.2) is 4.98 Å². The minimum absolute atomic E-state index is 0.0863. The zero-order chi connectivity index (χ0) is 28.9. The Balaban J connectivity index is 1.52. The lowest BCUT2D eigenvalue weighted by molar-refractivity contribution is 0.410. The summed E-state index contributed by atoms with van der Waals surface area (Å²) < 4.78 is 54.8. The number of furan rings is 2. The quantitative estimate of drug-likeness (QED) is 0.250. The first-order valence-corrected chi connectivity index (χ1v) is 12.1. The van der Waals surface area contributed by atoms with E-state index < -0.39 is 18.6 Å². The van der Waals surface area contributed by atoms with Gasteiger partial charge < -0.3 is 8.83 Å². The van der Waals surface area contributed by atoms with Crippen LogP contribution in [0, 0.1) is 12.3 Å². The second-order valence-electron chi connectivity index (χ2n) is 10.4. The number of hydrogen-bond donors (Lipinski definition) is 0. The molecule has 4 aromatic carbocycles. The van der Waals surface area contributed by atoms with Crippen molar-refractivity contribution in [1.82, 2.24) is 4.98 Å². The van der Waals surface area contributed by atoms with Gasteiger partial charge in [0.1, 0.15) is 22.3 Å². The molecule has 0 atom stereocenters. The Labute approximate surface area is 216 Å². The van der Waals surface area contributed by atoms with E-state index in [0.29, 0.717) is 22.4 Å². The molecule has 7 rings (SSSR count). The summed E-state index contributed by atoms with van der Waals surface area (Å²) >= 11 is 0. The first-order valence-electron chi connectivity index (χ1n) is 14.6. The summed E-state index contributed by atoms with van der Waals surface area (Å²) in [5, 5.41) is 5.92. The molecule has 0 radical (unpaired) electrons. The van der Waals surface area contributed by atoms with E-state index in [1.165, 1.54) is 6.20 Å². The number of nitrogens with zero attached hydrogens (tertiary/aromatic N) is 1. The molecule has 7 aromatic rings. The Morgan fingerprint density at radius 2 is 1.53 bits per heavy atom. The highest BCUT2D eigenvalue weighted by molar-refractivity contribution is 6.28. The van der Waals surface area contributed by atoms with E-state index in [1.54, 1.807) is 26.8 Å². The fourth-order valence-electron chi connectivity index (χ4n) is 5.19. The van der Waals surface area contributed by atoms with Gasteiger partial charge in [-0.2, -0.15) is 0 Å². The summed E-state index contributed by atoms with van der Waals surface area (Å²) in [5.41, 5.74) is 3.16. The maximum atomic E-state index is 8.91. The number of rotatable bonds is 2. The van der Waals surface area contributed by atoms with Crippen molar-refractivity contribution in [2.45, 2.75) is 34.0 Å². The molecule has 0 spiro atoms. The molecule has 0 saturated carbocycles. The number of benzene rings is 4. The van der Waals surface area contributed by atoms with Crippen molar-refractivity contribution in [3.05, 3.63) is 90.1 Å². The molecule has 0 saturated heterocycles. The second-order valence-corrected chi connectivity index (χ2v) is 10.4. The van der Waals surface area contributed by atoms with E-state index in [-0.39, 0.29) is 11.1 Å². The van der Waals surface area contributed by atoms with Gasteiger partial charge in [0.2, 0.25) is 0 Å². The maximum absolute atomic E-state index is 8.91. The molecule has 0 amide bonds. The Hall–Kier alpha value is -4.11. The Kier molecular flexibility index (Phi) is 3.42. The van der Waals surface area contributed by atoms with Crippen molar-refractivity contribution < 1.29 is 15.7 Å². The zero-order valence-electron chi connectivity index (χ0n) is 25.3. The van der Waals surface area contributed by atoms with E-state index >= 15 is 0 Å². The normalized spacial score (nSPS) is 15.4. The van der Waals surface area contributed by atoms with Crippen LogP contribution in [0.2, 0.25) is 0 Å². The Morgan fingerprint density at radius 3 is 2.31 bits per heavy atom. The molecular formula is C33H27NO2. The van der Waals surface area contributed by atoms with Crippen LogP contribution in [-0.2, 0) is 6.37 Å². The molecule has 176 valence electrons. The van der Waals surface area contributed by atoms with E-state index in [4.69, 9.17) is 15.7 Å². The van der Waals surface area contributed by atoms with Gasteiger partial charge in [-0.05, 0) is 65.5 Å². The zero-order valence-corrected chi connectivity index (χ0v) is 20.3. The molecule has 36 heavy (non-hydrogen) atoms. The van der Waals surface area contributed by atoms with E-state index in [1.807, 2.05) is 42.5 Å². The standard InChI is InChI=1S/C33H27NO2/c1-19-18-34-26(16-21(19)17-33(2,3)4)23-10-7-11-24-29-27(36-32(23)24)14-15-28-30(29)25-13-12-20-8-5-6-9-22(20)31(25)35-28/h5-16,18H,17H2,1-4H3/i1D3,17D2. The van der Waals surface area contributed by atoms with E-state index in [9.17, 15) is 0 Å². The minimum Gasteiger partial charge on any atom is -0.455 e. The summed E-state index contributed by atoms with van der Waals surface area (Å²) in [7, 11) is 0. The van der Waals surface area contributed by atoms with Gasteiger partial charge in [-0.3, -0.25) is 4.98 Å². The van der Waals surface area contributed by atoms with Gasteiger partial charge in [0, 0.05) is 45.5 Å². The summed E-state index contributed by atoms with van der Waals surface area (Å²) in [5.74, 6) is 0. The fourth-order valence-corrected chi connectivity index (χ4v) is 5.19. The number of aryl methyl sites for hydroxylation is 1. The number of aromatic nitrogens is 1. The van der Waals surface area contributed by atoms with Crippen LogP contribution in [0.25, 0.3) is 65.9 Å². The van der Waals surface area contributed by atoms with Crippen molar-refractivity contribution in [3.8, 4) is 11.3 Å². The summed E-state index contributed by atoms with van der Waals surface area (Å²) in [6, 6.07) is 23.5. The molecule has 0 bridgehead atoms. The smallest absolute Gasteiger partial charge is 0.144 e. The van der Waals surface area contributed by atoms with Crippen molar-refractivity contribution in [3.63, 3.8) is 0 Å².